The number of nitrogens with zero attached hydrogens (tertiary/aromatic N) is 3. The molecule has 0 radical (unpaired) electrons. The minimum Gasteiger partial charge on any atom is -0.480 e. The molecule has 2 fully saturated rings. The van der Waals surface area contributed by atoms with Gasteiger partial charge in [0.25, 0.3) is 0 Å². The number of likely N-dealkylation sites (tertiary alicyclic amines) is 1. The molecule has 0 aliphatic carbocycles. The van der Waals surface area contributed by atoms with Crippen molar-refractivity contribution < 1.29 is 18.7 Å². The Morgan fingerprint density at radius 2 is 2.09 bits per heavy atom. The van der Waals surface area contributed by atoms with Crippen LogP contribution in [0.5, 0.6) is 5.75 Å². The maximum Gasteiger partial charge on any atom is 0.409 e. The molecule has 1 amide bonds. The molecular formula is C25H33FN4O3. The minimum atomic E-state index is -0.651. The molecule has 2 aromatic rings. The molecule has 1 aromatic heterocycles. The van der Waals surface area contributed by atoms with Gasteiger partial charge < -0.3 is 24.3 Å². The Morgan fingerprint density at radius 1 is 1.33 bits per heavy atom. The molecule has 3 aliphatic rings. The monoisotopic (exact) mass is 456 g/mol. The first-order chi connectivity index (χ1) is 15.7. The molecule has 0 unspecified atom stereocenters. The van der Waals surface area contributed by atoms with Gasteiger partial charge in [0.05, 0.1) is 17.9 Å². The molecule has 3 aliphatic heterocycles. The predicted octanol–water partition coefficient (Wildman–Crippen LogP) is 4.31. The molecule has 2 saturated heterocycles. The van der Waals surface area contributed by atoms with E-state index >= 15 is 4.39 Å². The summed E-state index contributed by atoms with van der Waals surface area (Å²) in [6, 6.07) is 4.97. The quantitative estimate of drug-likeness (QED) is 0.729. The summed E-state index contributed by atoms with van der Waals surface area (Å²) < 4.78 is 29.0. The Labute approximate surface area is 194 Å². The summed E-state index contributed by atoms with van der Waals surface area (Å²) in [5.41, 5.74) is 1.43. The largest absolute Gasteiger partial charge is 0.480 e. The second kappa shape index (κ2) is 8.01. The first kappa shape index (κ1) is 22.2. The summed E-state index contributed by atoms with van der Waals surface area (Å²) >= 11 is 0. The zero-order chi connectivity index (χ0) is 23.4. The highest BCUT2D eigenvalue weighted by Gasteiger charge is 2.49. The van der Waals surface area contributed by atoms with Crippen molar-refractivity contribution in [1.29, 1.82) is 0 Å². The lowest BCUT2D eigenvalue weighted by Gasteiger charge is -2.44. The number of nitrogens with one attached hydrogen (secondary N) is 1. The smallest absolute Gasteiger partial charge is 0.409 e. The van der Waals surface area contributed by atoms with Crippen LogP contribution in [0.25, 0.3) is 11.3 Å². The zero-order valence-corrected chi connectivity index (χ0v) is 19.9. The van der Waals surface area contributed by atoms with Gasteiger partial charge in [0.15, 0.2) is 5.60 Å². The number of benzene rings is 1. The fraction of sp³-hybridized carbons (Fsp3) is 0.600. The van der Waals surface area contributed by atoms with E-state index in [1.807, 2.05) is 20.0 Å². The van der Waals surface area contributed by atoms with E-state index in [4.69, 9.17) is 14.5 Å². The third-order valence-corrected chi connectivity index (χ3v) is 7.39. The lowest BCUT2D eigenvalue weighted by Crippen LogP contribution is -2.50. The first-order valence-electron chi connectivity index (χ1n) is 12.0. The normalized spacial score (nSPS) is 22.9. The molecule has 178 valence electrons. The number of carbonyl (C=O) groups is 1. The van der Waals surface area contributed by atoms with E-state index < -0.39 is 5.60 Å². The van der Waals surface area contributed by atoms with Crippen LogP contribution >= 0.6 is 0 Å². The molecule has 1 aromatic carbocycles. The van der Waals surface area contributed by atoms with Crippen LogP contribution in [0.3, 0.4) is 0 Å². The van der Waals surface area contributed by atoms with Crippen LogP contribution in [-0.4, -0.2) is 52.3 Å². The van der Waals surface area contributed by atoms with Crippen molar-refractivity contribution >= 4 is 6.09 Å². The van der Waals surface area contributed by atoms with Crippen LogP contribution in [0.4, 0.5) is 9.18 Å². The predicted molar refractivity (Wildman–Crippen MR) is 123 cm³/mol. The van der Waals surface area contributed by atoms with Crippen molar-refractivity contribution in [3.8, 4) is 17.0 Å². The van der Waals surface area contributed by atoms with E-state index in [-0.39, 0.29) is 23.4 Å². The van der Waals surface area contributed by atoms with Gasteiger partial charge >= 0.3 is 6.09 Å². The number of amides is 1. The third kappa shape index (κ3) is 3.68. The average Bonchev–Trinajstić information content (AvgIpc) is 3.12. The molecule has 5 rings (SSSR count). The highest BCUT2D eigenvalue weighted by molar-refractivity contribution is 5.74. The summed E-state index contributed by atoms with van der Waals surface area (Å²) in [6.07, 6.45) is 2.86. The molecule has 1 atom stereocenters. The van der Waals surface area contributed by atoms with Gasteiger partial charge in [0.1, 0.15) is 23.1 Å². The van der Waals surface area contributed by atoms with Gasteiger partial charge in [-0.1, -0.05) is 6.07 Å². The number of carbonyl (C=O) groups excluding carboxylic acids is 1. The van der Waals surface area contributed by atoms with Crippen molar-refractivity contribution in [2.75, 3.05) is 26.2 Å². The van der Waals surface area contributed by atoms with Gasteiger partial charge in [-0.2, -0.15) is 0 Å². The van der Waals surface area contributed by atoms with Crippen molar-refractivity contribution in [2.45, 2.75) is 63.5 Å². The number of ether oxygens (including phenoxy) is 2. The van der Waals surface area contributed by atoms with Crippen molar-refractivity contribution in [3.63, 3.8) is 0 Å². The maximum atomic E-state index is 15.1. The van der Waals surface area contributed by atoms with E-state index in [0.29, 0.717) is 49.5 Å². The van der Waals surface area contributed by atoms with Crippen molar-refractivity contribution in [1.82, 2.24) is 19.8 Å². The number of rotatable bonds is 2. The molecule has 0 saturated carbocycles. The number of hydrogen-bond acceptors (Lipinski definition) is 5. The van der Waals surface area contributed by atoms with Crippen LogP contribution in [0.15, 0.2) is 18.2 Å². The van der Waals surface area contributed by atoms with Crippen LogP contribution in [0.1, 0.15) is 63.9 Å². The maximum absolute atomic E-state index is 15.1. The van der Waals surface area contributed by atoms with Crippen molar-refractivity contribution in [2.24, 2.45) is 7.05 Å². The molecule has 8 heteroatoms. The second-order valence-corrected chi connectivity index (χ2v) is 10.1. The van der Waals surface area contributed by atoms with Crippen molar-refractivity contribution in [3.05, 3.63) is 35.5 Å². The number of imidazole rings is 1. The topological polar surface area (TPSA) is 68.6 Å². The summed E-state index contributed by atoms with van der Waals surface area (Å²) in [4.78, 5) is 19.1. The van der Waals surface area contributed by atoms with E-state index in [1.165, 1.54) is 6.07 Å². The zero-order valence-electron chi connectivity index (χ0n) is 19.9. The van der Waals surface area contributed by atoms with Crippen LogP contribution < -0.4 is 10.1 Å². The summed E-state index contributed by atoms with van der Waals surface area (Å²) in [6.45, 7) is 8.55. The number of hydrogen-bond donors (Lipinski definition) is 1. The molecular weight excluding hydrogens is 423 g/mol. The average molecular weight is 457 g/mol. The minimum absolute atomic E-state index is 0.0255. The van der Waals surface area contributed by atoms with Gasteiger partial charge in [0.2, 0.25) is 0 Å². The second-order valence-electron chi connectivity index (χ2n) is 10.1. The molecule has 1 N–H and O–H groups in total. The van der Waals surface area contributed by atoms with Gasteiger partial charge in [0, 0.05) is 44.4 Å². The highest BCUT2D eigenvalue weighted by Crippen LogP contribution is 2.51. The summed E-state index contributed by atoms with van der Waals surface area (Å²) in [7, 11) is 2.03. The Balaban J connectivity index is 1.57. The fourth-order valence-electron chi connectivity index (χ4n) is 5.85. The molecule has 0 bridgehead atoms. The molecule has 33 heavy (non-hydrogen) atoms. The van der Waals surface area contributed by atoms with Gasteiger partial charge in [-0.05, 0) is 52.3 Å². The van der Waals surface area contributed by atoms with E-state index in [9.17, 15) is 4.79 Å². The lowest BCUT2D eigenvalue weighted by molar-refractivity contribution is -0.0104. The van der Waals surface area contributed by atoms with Crippen LogP contribution in [-0.2, 0) is 17.4 Å². The molecule has 7 nitrogen and oxygen atoms in total. The van der Waals surface area contributed by atoms with E-state index in [2.05, 4.69) is 23.7 Å². The molecule has 1 spiro atoms. The highest BCUT2D eigenvalue weighted by atomic mass is 19.1. The Hall–Kier alpha value is -2.61. The summed E-state index contributed by atoms with van der Waals surface area (Å²) in [5.74, 6) is 1.48. The lowest BCUT2D eigenvalue weighted by atomic mass is 9.83. The standard InChI is InChI=1S/C25H33FN4O3/c1-5-32-23(31)30-13-10-25(11-14-30)21-20(19-17(26)7-6-8-18(19)33-25)28-22(29(21)4)16-9-12-27-24(2,3)15-16/h6-8,16,27H,5,9-15H2,1-4H3/t16-/m1/s1. The van der Waals surface area contributed by atoms with E-state index in [1.54, 1.807) is 11.0 Å². The van der Waals surface area contributed by atoms with Crippen LogP contribution in [0, 0.1) is 5.82 Å². The van der Waals surface area contributed by atoms with E-state index in [0.717, 1.165) is 30.9 Å². The molecule has 4 heterocycles. The number of fused-ring (bicyclic) bond motifs is 4. The van der Waals surface area contributed by atoms with Crippen LogP contribution in [0.2, 0.25) is 0 Å². The fourth-order valence-corrected chi connectivity index (χ4v) is 5.85. The summed E-state index contributed by atoms with van der Waals surface area (Å²) in [5, 5.41) is 3.58. The van der Waals surface area contributed by atoms with Gasteiger partial charge in [-0.3, -0.25) is 0 Å². The first-order valence-corrected chi connectivity index (χ1v) is 12.0. The Kier molecular flexibility index (Phi) is 5.39. The Bertz CT molecular complexity index is 1070. The number of aromatic nitrogens is 2. The number of piperidine rings is 2. The SMILES string of the molecule is CCOC(=O)N1CCC2(CC1)Oc1cccc(F)c1-c1nc([C@@H]3CCNC(C)(C)C3)n(C)c12. The van der Waals surface area contributed by atoms with Gasteiger partial charge in [-0.15, -0.1) is 0 Å². The Morgan fingerprint density at radius 3 is 2.79 bits per heavy atom. The van der Waals surface area contributed by atoms with Gasteiger partial charge in [-0.25, -0.2) is 14.2 Å². The number of halogens is 1. The third-order valence-electron chi connectivity index (χ3n) is 7.39.